The lowest BCUT2D eigenvalue weighted by molar-refractivity contribution is 0.254. The number of hydrogen-bond acceptors (Lipinski definition) is 5. The Hall–Kier alpha value is -1.77. The molecule has 0 bridgehead atoms. The van der Waals surface area contributed by atoms with Crippen LogP contribution in [-0.2, 0) is 6.42 Å². The fourth-order valence-electron chi connectivity index (χ4n) is 2.52. The Balaban J connectivity index is 2.21. The second-order valence-electron chi connectivity index (χ2n) is 5.65. The molecule has 0 aliphatic carbocycles. The largest absolute Gasteiger partial charge is 0.496 e. The first-order chi connectivity index (χ1) is 10.0. The molecular weight excluding hydrogens is 266 g/mol. The van der Waals surface area contributed by atoms with Gasteiger partial charge in [0.05, 0.1) is 13.2 Å². The van der Waals surface area contributed by atoms with E-state index in [4.69, 9.17) is 9.47 Å². The Morgan fingerprint density at radius 3 is 2.90 bits per heavy atom. The molecule has 0 radical (unpaired) electrons. The first-order valence-corrected chi connectivity index (χ1v) is 7.20. The highest BCUT2D eigenvalue weighted by atomic mass is 16.5. The van der Waals surface area contributed by atoms with Crippen LogP contribution in [0, 0.1) is 11.3 Å². The van der Waals surface area contributed by atoms with Crippen LogP contribution in [-0.4, -0.2) is 45.3 Å². The molecule has 114 valence electrons. The Bertz CT molecular complexity index is 537. The number of rotatable bonds is 6. The number of benzene rings is 1. The molecule has 1 aliphatic heterocycles. The van der Waals surface area contributed by atoms with Gasteiger partial charge in [0, 0.05) is 30.6 Å². The zero-order valence-electron chi connectivity index (χ0n) is 13.1. The van der Waals surface area contributed by atoms with Gasteiger partial charge >= 0.3 is 0 Å². The number of nitriles is 1. The van der Waals surface area contributed by atoms with Gasteiger partial charge in [-0.1, -0.05) is 0 Å². The maximum absolute atomic E-state index is 9.44. The van der Waals surface area contributed by atoms with Gasteiger partial charge < -0.3 is 14.4 Å². The molecular formula is C16H23N3O2. The molecule has 1 N–H and O–H groups in total. The van der Waals surface area contributed by atoms with Crippen LogP contribution in [0.25, 0.3) is 0 Å². The van der Waals surface area contributed by atoms with Crippen molar-refractivity contribution in [2.45, 2.75) is 25.5 Å². The summed E-state index contributed by atoms with van der Waals surface area (Å²) in [5.74, 6) is 1.61. The minimum atomic E-state index is -0.398. The van der Waals surface area contributed by atoms with Gasteiger partial charge in [0.2, 0.25) is 0 Å². The van der Waals surface area contributed by atoms with Gasteiger partial charge in [0.1, 0.15) is 23.6 Å². The lowest BCUT2D eigenvalue weighted by Gasteiger charge is -2.18. The molecule has 0 amide bonds. The van der Waals surface area contributed by atoms with Crippen LogP contribution < -0.4 is 14.8 Å². The molecule has 2 unspecified atom stereocenters. The second kappa shape index (κ2) is 6.79. The fourth-order valence-corrected chi connectivity index (χ4v) is 2.52. The third kappa shape index (κ3) is 3.66. The number of likely N-dealkylation sites (N-methyl/N-ethyl adjacent to an activating group) is 1. The van der Waals surface area contributed by atoms with E-state index in [0.717, 1.165) is 42.1 Å². The highest BCUT2D eigenvalue weighted by Gasteiger charge is 2.24. The molecule has 2 rings (SSSR count). The van der Waals surface area contributed by atoms with Gasteiger partial charge in [-0.2, -0.15) is 5.26 Å². The number of ether oxygens (including phenoxy) is 2. The molecule has 1 aromatic carbocycles. The van der Waals surface area contributed by atoms with Gasteiger partial charge in [0.15, 0.2) is 0 Å². The molecule has 0 saturated carbocycles. The van der Waals surface area contributed by atoms with Crippen LogP contribution in [0.2, 0.25) is 0 Å². The average Bonchev–Trinajstić information content (AvgIpc) is 2.81. The van der Waals surface area contributed by atoms with Crippen LogP contribution in [0.4, 0.5) is 0 Å². The Labute approximate surface area is 126 Å². The van der Waals surface area contributed by atoms with Crippen molar-refractivity contribution in [2.75, 3.05) is 34.3 Å². The molecule has 0 fully saturated rings. The van der Waals surface area contributed by atoms with Crippen molar-refractivity contribution in [3.63, 3.8) is 0 Å². The van der Waals surface area contributed by atoms with Crippen LogP contribution >= 0.6 is 0 Å². The average molecular weight is 289 g/mol. The highest BCUT2D eigenvalue weighted by molar-refractivity contribution is 5.51. The summed E-state index contributed by atoms with van der Waals surface area (Å²) in [7, 11) is 5.65. The summed E-state index contributed by atoms with van der Waals surface area (Å²) >= 11 is 0. The summed E-state index contributed by atoms with van der Waals surface area (Å²) < 4.78 is 11.2. The molecule has 1 aliphatic rings. The van der Waals surface area contributed by atoms with E-state index in [1.807, 2.05) is 33.2 Å². The van der Waals surface area contributed by atoms with Crippen LogP contribution in [0.5, 0.6) is 11.5 Å². The predicted molar refractivity (Wildman–Crippen MR) is 81.7 cm³/mol. The quantitative estimate of drug-likeness (QED) is 0.864. The van der Waals surface area contributed by atoms with Crippen molar-refractivity contribution in [1.82, 2.24) is 10.2 Å². The van der Waals surface area contributed by atoms with E-state index in [1.165, 1.54) is 0 Å². The Morgan fingerprint density at radius 1 is 1.52 bits per heavy atom. The van der Waals surface area contributed by atoms with Crippen molar-refractivity contribution in [3.05, 3.63) is 23.3 Å². The molecule has 1 aromatic rings. The summed E-state index contributed by atoms with van der Waals surface area (Å²) in [6.45, 7) is 3.66. The maximum atomic E-state index is 9.44. The van der Waals surface area contributed by atoms with E-state index in [1.54, 1.807) is 7.11 Å². The summed E-state index contributed by atoms with van der Waals surface area (Å²) in [5.41, 5.74) is 1.99. The maximum Gasteiger partial charge on any atom is 0.125 e. The van der Waals surface area contributed by atoms with Crippen LogP contribution in [0.15, 0.2) is 12.1 Å². The Morgan fingerprint density at radius 2 is 2.29 bits per heavy atom. The predicted octanol–water partition coefficient (Wildman–Crippen LogP) is 1.73. The first-order valence-electron chi connectivity index (χ1n) is 7.20. The zero-order valence-corrected chi connectivity index (χ0v) is 13.1. The van der Waals surface area contributed by atoms with E-state index in [2.05, 4.69) is 16.3 Å². The zero-order chi connectivity index (χ0) is 15.4. The molecule has 2 atom stereocenters. The van der Waals surface area contributed by atoms with Gasteiger partial charge in [-0.3, -0.25) is 5.32 Å². The van der Waals surface area contributed by atoms with Crippen molar-refractivity contribution in [1.29, 1.82) is 5.26 Å². The molecule has 0 aromatic heterocycles. The lowest BCUT2D eigenvalue weighted by Crippen LogP contribution is -2.29. The van der Waals surface area contributed by atoms with Gasteiger partial charge in [-0.25, -0.2) is 0 Å². The summed E-state index contributed by atoms with van der Waals surface area (Å²) in [4.78, 5) is 2.08. The molecule has 1 heterocycles. The van der Waals surface area contributed by atoms with Gasteiger partial charge in [0.25, 0.3) is 0 Å². The summed E-state index contributed by atoms with van der Waals surface area (Å²) in [5, 5.41) is 12.7. The van der Waals surface area contributed by atoms with E-state index in [-0.39, 0.29) is 6.10 Å². The van der Waals surface area contributed by atoms with Gasteiger partial charge in [-0.15, -0.1) is 0 Å². The van der Waals surface area contributed by atoms with E-state index >= 15 is 0 Å². The van der Waals surface area contributed by atoms with Crippen molar-refractivity contribution in [2.24, 2.45) is 0 Å². The van der Waals surface area contributed by atoms with E-state index in [0.29, 0.717) is 0 Å². The molecule has 21 heavy (non-hydrogen) atoms. The molecule has 5 nitrogen and oxygen atoms in total. The topological polar surface area (TPSA) is 57.5 Å². The molecule has 5 heteroatoms. The van der Waals surface area contributed by atoms with Crippen molar-refractivity contribution >= 4 is 0 Å². The van der Waals surface area contributed by atoms with Crippen molar-refractivity contribution < 1.29 is 9.47 Å². The van der Waals surface area contributed by atoms with Crippen molar-refractivity contribution in [3.8, 4) is 17.6 Å². The Kier molecular flexibility index (Phi) is 5.05. The second-order valence-corrected chi connectivity index (χ2v) is 5.65. The fraction of sp³-hybridized carbons (Fsp3) is 0.562. The number of nitrogens with zero attached hydrogens (tertiary/aromatic N) is 2. The SMILES string of the molecule is COc1cc2c(cc1C(C#N)NCCN(C)C)OC(C)C2. The summed E-state index contributed by atoms with van der Waals surface area (Å²) in [6, 6.07) is 5.84. The monoisotopic (exact) mass is 289 g/mol. The molecule has 0 saturated heterocycles. The van der Waals surface area contributed by atoms with E-state index < -0.39 is 6.04 Å². The minimum absolute atomic E-state index is 0.183. The van der Waals surface area contributed by atoms with Crippen LogP contribution in [0.1, 0.15) is 24.1 Å². The van der Waals surface area contributed by atoms with Crippen LogP contribution in [0.3, 0.4) is 0 Å². The summed E-state index contributed by atoms with van der Waals surface area (Å²) in [6.07, 6.45) is 1.07. The lowest BCUT2D eigenvalue weighted by atomic mass is 10.0. The third-order valence-corrected chi connectivity index (χ3v) is 3.60. The van der Waals surface area contributed by atoms with Gasteiger partial charge in [-0.05, 0) is 33.2 Å². The molecule has 0 spiro atoms. The van der Waals surface area contributed by atoms with E-state index in [9.17, 15) is 5.26 Å². The smallest absolute Gasteiger partial charge is 0.125 e. The number of hydrogen-bond donors (Lipinski definition) is 1. The number of methoxy groups -OCH3 is 1. The number of nitrogens with one attached hydrogen (secondary N) is 1. The standard InChI is InChI=1S/C16H23N3O2/c1-11-7-12-8-16(20-4)13(9-15(12)21-11)14(10-17)18-5-6-19(2)3/h8-9,11,14,18H,5-7H2,1-4H3. The first kappa shape index (κ1) is 15.6. The number of fused-ring (bicyclic) bond motifs is 1. The normalized spacial score (nSPS) is 18.0. The highest BCUT2D eigenvalue weighted by Crippen LogP contribution is 2.37. The minimum Gasteiger partial charge on any atom is -0.496 e. The third-order valence-electron chi connectivity index (χ3n) is 3.60.